The summed E-state index contributed by atoms with van der Waals surface area (Å²) in [6, 6.07) is 20.5. The van der Waals surface area contributed by atoms with Gasteiger partial charge in [-0.2, -0.15) is 0 Å². The van der Waals surface area contributed by atoms with E-state index in [4.69, 9.17) is 16.3 Å². The summed E-state index contributed by atoms with van der Waals surface area (Å²) in [4.78, 5) is 37.1. The Labute approximate surface area is 206 Å². The lowest BCUT2D eigenvalue weighted by Gasteiger charge is -2.16. The molecule has 0 aliphatic carbocycles. The Hall–Kier alpha value is -3.49. The number of benzene rings is 3. The Kier molecular flexibility index (Phi) is 8.95. The maximum absolute atomic E-state index is 12.8. The molecule has 1 atom stereocenters. The first-order chi connectivity index (χ1) is 16.4. The second-order valence-corrected chi connectivity index (χ2v) is 8.86. The molecule has 3 aromatic carbocycles. The predicted molar refractivity (Wildman–Crippen MR) is 134 cm³/mol. The molecule has 3 rings (SSSR count). The summed E-state index contributed by atoms with van der Waals surface area (Å²) in [7, 11) is 0. The minimum atomic E-state index is -1.17. The second kappa shape index (κ2) is 12.1. The van der Waals surface area contributed by atoms with Crippen molar-refractivity contribution < 1.29 is 24.2 Å². The molecule has 0 saturated heterocycles. The molecule has 176 valence electrons. The van der Waals surface area contributed by atoms with Crippen LogP contribution in [0, 0.1) is 0 Å². The van der Waals surface area contributed by atoms with Crippen molar-refractivity contribution in [1.29, 1.82) is 0 Å². The van der Waals surface area contributed by atoms with Crippen LogP contribution in [0.1, 0.15) is 23.7 Å². The SMILES string of the molecule is CCC(Sc1cccc(NC(=O)COc2ccccc2)c1)C(=O)Nc1ccc(Cl)c(C(=O)O)c1. The van der Waals surface area contributed by atoms with Gasteiger partial charge >= 0.3 is 5.97 Å². The van der Waals surface area contributed by atoms with Crippen LogP contribution in [0.15, 0.2) is 77.7 Å². The molecule has 0 radical (unpaired) electrons. The molecule has 3 aromatic rings. The Morgan fingerprint density at radius 2 is 1.71 bits per heavy atom. The van der Waals surface area contributed by atoms with Crippen molar-refractivity contribution in [3.63, 3.8) is 0 Å². The number of para-hydroxylation sites is 1. The zero-order chi connectivity index (χ0) is 24.5. The van der Waals surface area contributed by atoms with Crippen LogP contribution < -0.4 is 15.4 Å². The maximum Gasteiger partial charge on any atom is 0.337 e. The van der Waals surface area contributed by atoms with E-state index in [0.717, 1.165) is 4.90 Å². The van der Waals surface area contributed by atoms with E-state index in [1.807, 2.05) is 31.2 Å². The van der Waals surface area contributed by atoms with Gasteiger partial charge in [-0.1, -0.05) is 42.8 Å². The molecule has 0 aliphatic heterocycles. The molecular weight excluding hydrogens is 476 g/mol. The van der Waals surface area contributed by atoms with Gasteiger partial charge in [0.2, 0.25) is 5.91 Å². The normalized spacial score (nSPS) is 11.4. The van der Waals surface area contributed by atoms with E-state index < -0.39 is 11.2 Å². The van der Waals surface area contributed by atoms with Crippen molar-refractivity contribution in [3.05, 3.63) is 83.4 Å². The van der Waals surface area contributed by atoms with Crippen LogP contribution in [0.5, 0.6) is 5.75 Å². The van der Waals surface area contributed by atoms with Crippen LogP contribution in [0.3, 0.4) is 0 Å². The molecule has 0 saturated carbocycles. The monoisotopic (exact) mass is 498 g/mol. The number of thioether (sulfide) groups is 1. The van der Waals surface area contributed by atoms with Crippen LogP contribution in [0.25, 0.3) is 0 Å². The van der Waals surface area contributed by atoms with Gasteiger partial charge in [0.15, 0.2) is 6.61 Å². The summed E-state index contributed by atoms with van der Waals surface area (Å²) in [6.07, 6.45) is 0.539. The number of nitrogens with one attached hydrogen (secondary N) is 2. The molecule has 0 spiro atoms. The molecule has 2 amide bonds. The van der Waals surface area contributed by atoms with Gasteiger partial charge in [0.05, 0.1) is 15.8 Å². The zero-order valence-electron chi connectivity index (χ0n) is 18.3. The predicted octanol–water partition coefficient (Wildman–Crippen LogP) is 5.57. The summed E-state index contributed by atoms with van der Waals surface area (Å²) in [5.74, 6) is -1.13. The number of hydrogen-bond acceptors (Lipinski definition) is 5. The summed E-state index contributed by atoms with van der Waals surface area (Å²) < 4.78 is 5.46. The molecule has 0 aliphatic rings. The minimum Gasteiger partial charge on any atom is -0.484 e. The van der Waals surface area contributed by atoms with Gasteiger partial charge in [0.1, 0.15) is 5.75 Å². The lowest BCUT2D eigenvalue weighted by Crippen LogP contribution is -2.24. The van der Waals surface area contributed by atoms with E-state index in [-0.39, 0.29) is 29.0 Å². The molecule has 9 heteroatoms. The number of halogens is 1. The van der Waals surface area contributed by atoms with Gasteiger partial charge in [-0.3, -0.25) is 9.59 Å². The van der Waals surface area contributed by atoms with Crippen molar-refractivity contribution in [1.82, 2.24) is 0 Å². The van der Waals surface area contributed by atoms with E-state index in [2.05, 4.69) is 10.6 Å². The van der Waals surface area contributed by atoms with Crippen LogP contribution in [-0.4, -0.2) is 34.7 Å². The molecular formula is C25H23ClN2O5S. The number of carbonyl (C=O) groups excluding carboxylic acids is 2. The molecule has 34 heavy (non-hydrogen) atoms. The van der Waals surface area contributed by atoms with Crippen LogP contribution in [0.4, 0.5) is 11.4 Å². The van der Waals surface area contributed by atoms with Crippen LogP contribution in [0.2, 0.25) is 5.02 Å². The fourth-order valence-electron chi connectivity index (χ4n) is 2.99. The average Bonchev–Trinajstić information content (AvgIpc) is 2.83. The average molecular weight is 499 g/mol. The smallest absolute Gasteiger partial charge is 0.337 e. The van der Waals surface area contributed by atoms with E-state index >= 15 is 0 Å². The largest absolute Gasteiger partial charge is 0.484 e. The fourth-order valence-corrected chi connectivity index (χ4v) is 4.20. The lowest BCUT2D eigenvalue weighted by molar-refractivity contribution is -0.118. The lowest BCUT2D eigenvalue weighted by atomic mass is 10.2. The zero-order valence-corrected chi connectivity index (χ0v) is 19.9. The van der Waals surface area contributed by atoms with Crippen molar-refractivity contribution in [2.75, 3.05) is 17.2 Å². The van der Waals surface area contributed by atoms with E-state index in [9.17, 15) is 19.5 Å². The van der Waals surface area contributed by atoms with Gasteiger partial charge < -0.3 is 20.5 Å². The highest BCUT2D eigenvalue weighted by Crippen LogP contribution is 2.29. The highest BCUT2D eigenvalue weighted by molar-refractivity contribution is 8.00. The van der Waals surface area contributed by atoms with Crippen LogP contribution in [-0.2, 0) is 9.59 Å². The number of carbonyl (C=O) groups is 3. The van der Waals surface area contributed by atoms with Crippen molar-refractivity contribution in [3.8, 4) is 5.75 Å². The molecule has 0 fully saturated rings. The molecule has 0 aromatic heterocycles. The number of anilines is 2. The summed E-state index contributed by atoms with van der Waals surface area (Å²) in [6.45, 7) is 1.76. The quantitative estimate of drug-likeness (QED) is 0.316. The number of aromatic carboxylic acids is 1. The standard InChI is InChI=1S/C25H23ClN2O5S/c1-2-22(24(30)28-17-11-12-21(26)20(14-17)25(31)32)34-19-10-6-7-16(13-19)27-23(29)15-33-18-8-4-3-5-9-18/h3-14,22H,2,15H2,1H3,(H,27,29)(H,28,30)(H,31,32). The highest BCUT2D eigenvalue weighted by atomic mass is 35.5. The molecule has 1 unspecified atom stereocenters. The molecule has 0 bridgehead atoms. The molecule has 0 heterocycles. The number of rotatable bonds is 10. The minimum absolute atomic E-state index is 0.0835. The third-order valence-corrected chi connectivity index (χ3v) is 6.32. The van der Waals surface area contributed by atoms with E-state index in [1.165, 1.54) is 23.9 Å². The first-order valence-corrected chi connectivity index (χ1v) is 11.7. The van der Waals surface area contributed by atoms with E-state index in [1.54, 1.807) is 36.4 Å². The highest BCUT2D eigenvalue weighted by Gasteiger charge is 2.19. The first kappa shape index (κ1) is 25.1. The van der Waals surface area contributed by atoms with Gasteiger partial charge in [-0.15, -0.1) is 11.8 Å². The number of ether oxygens (including phenoxy) is 1. The number of hydrogen-bond donors (Lipinski definition) is 3. The van der Waals surface area contributed by atoms with Crippen molar-refractivity contribution >= 4 is 52.5 Å². The Bertz CT molecular complexity index is 1170. The Morgan fingerprint density at radius 1 is 0.971 bits per heavy atom. The van der Waals surface area contributed by atoms with Crippen molar-refractivity contribution in [2.24, 2.45) is 0 Å². The second-order valence-electron chi connectivity index (χ2n) is 7.18. The fraction of sp³-hybridized carbons (Fsp3) is 0.160. The van der Waals surface area contributed by atoms with Gasteiger partial charge in [-0.25, -0.2) is 4.79 Å². The van der Waals surface area contributed by atoms with Gasteiger partial charge in [0.25, 0.3) is 5.91 Å². The third kappa shape index (κ3) is 7.26. The summed E-state index contributed by atoms with van der Waals surface area (Å²) in [5, 5.41) is 14.4. The van der Waals surface area contributed by atoms with Gasteiger partial charge in [0, 0.05) is 16.3 Å². The molecule has 3 N–H and O–H groups in total. The van der Waals surface area contributed by atoms with Crippen molar-refractivity contribution in [2.45, 2.75) is 23.5 Å². The Morgan fingerprint density at radius 3 is 2.41 bits per heavy atom. The van der Waals surface area contributed by atoms with Crippen LogP contribution >= 0.6 is 23.4 Å². The molecule has 7 nitrogen and oxygen atoms in total. The first-order valence-electron chi connectivity index (χ1n) is 10.4. The summed E-state index contributed by atoms with van der Waals surface area (Å²) in [5.41, 5.74) is 0.857. The van der Waals surface area contributed by atoms with Gasteiger partial charge in [-0.05, 0) is 55.0 Å². The number of carboxylic acids is 1. The van der Waals surface area contributed by atoms with E-state index in [0.29, 0.717) is 23.5 Å². The third-order valence-electron chi connectivity index (χ3n) is 4.64. The summed E-state index contributed by atoms with van der Waals surface area (Å²) >= 11 is 7.24. The topological polar surface area (TPSA) is 105 Å². The number of carboxylic acid groups (broad SMARTS) is 1. The Balaban J connectivity index is 1.59. The number of amides is 2. The maximum atomic E-state index is 12.8.